The summed E-state index contributed by atoms with van der Waals surface area (Å²) < 4.78 is 28.1. The maximum atomic E-state index is 12.4. The molecule has 1 aromatic heterocycles. The Kier molecular flexibility index (Phi) is 4.99. The zero-order valence-electron chi connectivity index (χ0n) is 12.3. The molecule has 0 unspecified atom stereocenters. The first-order valence-corrected chi connectivity index (χ1v) is 10.3. The lowest BCUT2D eigenvalue weighted by molar-refractivity contribution is 0.412. The number of hydrogen-bond donors (Lipinski definition) is 2. The van der Waals surface area contributed by atoms with Gasteiger partial charge in [-0.25, -0.2) is 13.1 Å². The Balaban J connectivity index is 1.55. The predicted octanol–water partition coefficient (Wildman–Crippen LogP) is 2.65. The maximum absolute atomic E-state index is 12.4. The second-order valence-corrected chi connectivity index (χ2v) is 9.26. The van der Waals surface area contributed by atoms with Crippen molar-refractivity contribution >= 4 is 21.4 Å². The molecular weight excluding hydrogens is 304 g/mol. The van der Waals surface area contributed by atoms with Gasteiger partial charge in [-0.05, 0) is 44.2 Å². The van der Waals surface area contributed by atoms with E-state index in [1.165, 1.54) is 30.6 Å². The average molecular weight is 329 g/mol. The highest BCUT2D eigenvalue weighted by molar-refractivity contribution is 7.91. The van der Waals surface area contributed by atoms with Crippen LogP contribution in [-0.2, 0) is 16.4 Å². The zero-order chi connectivity index (χ0) is 14.7. The van der Waals surface area contributed by atoms with E-state index in [-0.39, 0.29) is 6.04 Å². The van der Waals surface area contributed by atoms with Crippen LogP contribution in [0.2, 0.25) is 0 Å². The van der Waals surface area contributed by atoms with Gasteiger partial charge in [-0.3, -0.25) is 0 Å². The molecule has 1 aromatic rings. The Morgan fingerprint density at radius 3 is 2.52 bits per heavy atom. The third kappa shape index (κ3) is 4.52. The molecule has 6 heteroatoms. The normalized spacial score (nSPS) is 20.8. The van der Waals surface area contributed by atoms with Crippen molar-refractivity contribution in [1.29, 1.82) is 0 Å². The van der Waals surface area contributed by atoms with Gasteiger partial charge < -0.3 is 5.32 Å². The van der Waals surface area contributed by atoms with Crippen LogP contribution in [0.5, 0.6) is 0 Å². The van der Waals surface area contributed by atoms with E-state index in [0.717, 1.165) is 43.5 Å². The molecule has 0 radical (unpaired) electrons. The lowest BCUT2D eigenvalue weighted by atomic mass is 9.96. The quantitative estimate of drug-likeness (QED) is 0.809. The Hall–Kier alpha value is -0.430. The summed E-state index contributed by atoms with van der Waals surface area (Å²) in [4.78, 5) is 1.15. The van der Waals surface area contributed by atoms with Gasteiger partial charge in [0.25, 0.3) is 0 Å². The number of sulfonamides is 1. The van der Waals surface area contributed by atoms with Crippen molar-refractivity contribution in [2.45, 2.75) is 67.7 Å². The third-order valence-corrected chi connectivity index (χ3v) is 7.37. The van der Waals surface area contributed by atoms with E-state index in [4.69, 9.17) is 0 Å². The van der Waals surface area contributed by atoms with E-state index in [1.807, 2.05) is 6.07 Å². The molecule has 2 aliphatic carbocycles. The number of hydrogen-bond acceptors (Lipinski definition) is 4. The van der Waals surface area contributed by atoms with E-state index in [9.17, 15) is 8.42 Å². The van der Waals surface area contributed by atoms with Crippen molar-refractivity contribution in [2.24, 2.45) is 0 Å². The summed E-state index contributed by atoms with van der Waals surface area (Å²) >= 11 is 1.41. The van der Waals surface area contributed by atoms with E-state index < -0.39 is 10.0 Å². The van der Waals surface area contributed by atoms with E-state index in [1.54, 1.807) is 6.07 Å². The highest BCUT2D eigenvalue weighted by atomic mass is 32.2. The summed E-state index contributed by atoms with van der Waals surface area (Å²) in [5, 5.41) is 3.46. The fourth-order valence-electron chi connectivity index (χ4n) is 2.82. The highest BCUT2D eigenvalue weighted by Gasteiger charge is 2.23. The largest absolute Gasteiger partial charge is 0.314 e. The minimum atomic E-state index is -3.32. The van der Waals surface area contributed by atoms with Crippen LogP contribution in [0.1, 0.15) is 49.8 Å². The number of thiophene rings is 1. The van der Waals surface area contributed by atoms with Gasteiger partial charge in [-0.1, -0.05) is 19.3 Å². The molecule has 0 aromatic carbocycles. The fourth-order valence-corrected chi connectivity index (χ4v) is 5.50. The molecule has 2 fully saturated rings. The summed E-state index contributed by atoms with van der Waals surface area (Å²) in [5.74, 6) is 0. The first kappa shape index (κ1) is 15.5. The van der Waals surface area contributed by atoms with Crippen molar-refractivity contribution < 1.29 is 8.42 Å². The van der Waals surface area contributed by atoms with Crippen LogP contribution < -0.4 is 10.0 Å². The Labute approximate surface area is 131 Å². The second-order valence-electron chi connectivity index (χ2n) is 6.16. The standard InChI is InChI=1S/C15H24N2O2S2/c18-21(19,17-13-4-2-1-3-5-13)15-9-8-14(20-15)10-11-16-12-6-7-12/h8-9,12-13,16-17H,1-7,10-11H2. The first-order valence-electron chi connectivity index (χ1n) is 7.98. The predicted molar refractivity (Wildman–Crippen MR) is 86.2 cm³/mol. The summed E-state index contributed by atoms with van der Waals surface area (Å²) in [6, 6.07) is 4.55. The van der Waals surface area contributed by atoms with E-state index in [0.29, 0.717) is 10.3 Å². The Morgan fingerprint density at radius 2 is 1.81 bits per heavy atom. The molecule has 0 atom stereocenters. The van der Waals surface area contributed by atoms with Crippen molar-refractivity contribution in [3.63, 3.8) is 0 Å². The van der Waals surface area contributed by atoms with Gasteiger partial charge >= 0.3 is 0 Å². The molecule has 0 aliphatic heterocycles. The van der Waals surface area contributed by atoms with Crippen LogP contribution in [-0.4, -0.2) is 27.0 Å². The molecule has 4 nitrogen and oxygen atoms in total. The molecule has 21 heavy (non-hydrogen) atoms. The lowest BCUT2D eigenvalue weighted by Crippen LogP contribution is -2.35. The van der Waals surface area contributed by atoms with Gasteiger partial charge in [-0.15, -0.1) is 11.3 Å². The molecular formula is C15H24N2O2S2. The number of nitrogens with one attached hydrogen (secondary N) is 2. The fraction of sp³-hybridized carbons (Fsp3) is 0.733. The van der Waals surface area contributed by atoms with Crippen molar-refractivity contribution in [3.8, 4) is 0 Å². The lowest BCUT2D eigenvalue weighted by Gasteiger charge is -2.22. The molecule has 3 rings (SSSR count). The minimum absolute atomic E-state index is 0.130. The average Bonchev–Trinajstić information content (AvgIpc) is 3.15. The summed E-state index contributed by atoms with van der Waals surface area (Å²) in [6.45, 7) is 0.945. The minimum Gasteiger partial charge on any atom is -0.314 e. The summed E-state index contributed by atoms with van der Waals surface area (Å²) in [6.07, 6.45) is 8.94. The van der Waals surface area contributed by atoms with Gasteiger partial charge in [0.05, 0.1) is 0 Å². The Bertz CT molecular complexity index is 558. The van der Waals surface area contributed by atoms with Crippen LogP contribution in [0, 0.1) is 0 Å². The van der Waals surface area contributed by atoms with E-state index in [2.05, 4.69) is 10.0 Å². The van der Waals surface area contributed by atoms with Gasteiger partial charge in [0.15, 0.2) is 0 Å². The van der Waals surface area contributed by atoms with Crippen LogP contribution in [0.15, 0.2) is 16.3 Å². The topological polar surface area (TPSA) is 58.2 Å². The molecule has 0 saturated heterocycles. The summed E-state index contributed by atoms with van der Waals surface area (Å²) in [5.41, 5.74) is 0. The van der Waals surface area contributed by atoms with Crippen molar-refractivity contribution in [3.05, 3.63) is 17.0 Å². The molecule has 118 valence electrons. The van der Waals surface area contributed by atoms with Crippen LogP contribution >= 0.6 is 11.3 Å². The molecule has 2 N–H and O–H groups in total. The van der Waals surface area contributed by atoms with Gasteiger partial charge in [0, 0.05) is 23.5 Å². The molecule has 0 spiro atoms. The highest BCUT2D eigenvalue weighted by Crippen LogP contribution is 2.25. The van der Waals surface area contributed by atoms with Crippen molar-refractivity contribution in [2.75, 3.05) is 6.54 Å². The van der Waals surface area contributed by atoms with Crippen LogP contribution in [0.4, 0.5) is 0 Å². The third-order valence-electron chi connectivity index (χ3n) is 4.21. The molecule has 0 amide bonds. The van der Waals surface area contributed by atoms with Crippen LogP contribution in [0.3, 0.4) is 0 Å². The van der Waals surface area contributed by atoms with Crippen LogP contribution in [0.25, 0.3) is 0 Å². The van der Waals surface area contributed by atoms with Gasteiger partial charge in [-0.2, -0.15) is 0 Å². The molecule has 2 aliphatic rings. The van der Waals surface area contributed by atoms with Gasteiger partial charge in [0.2, 0.25) is 10.0 Å². The van der Waals surface area contributed by atoms with E-state index >= 15 is 0 Å². The smallest absolute Gasteiger partial charge is 0.250 e. The zero-order valence-corrected chi connectivity index (χ0v) is 13.9. The van der Waals surface area contributed by atoms with Crippen molar-refractivity contribution in [1.82, 2.24) is 10.0 Å². The first-order chi connectivity index (χ1) is 10.1. The molecule has 0 bridgehead atoms. The second kappa shape index (κ2) is 6.77. The maximum Gasteiger partial charge on any atom is 0.250 e. The van der Waals surface area contributed by atoms with Gasteiger partial charge in [0.1, 0.15) is 4.21 Å². The number of rotatable bonds is 7. The summed E-state index contributed by atoms with van der Waals surface area (Å²) in [7, 11) is -3.32. The molecule has 2 saturated carbocycles. The molecule has 1 heterocycles. The monoisotopic (exact) mass is 328 g/mol. The SMILES string of the molecule is O=S(=O)(NC1CCCCC1)c1ccc(CCNC2CC2)s1. The Morgan fingerprint density at radius 1 is 1.05 bits per heavy atom.